The number of rotatable bonds is 3. The molecule has 0 radical (unpaired) electrons. The van der Waals surface area contributed by atoms with Crippen LogP contribution in [-0.2, 0) is 4.79 Å². The summed E-state index contributed by atoms with van der Waals surface area (Å²) in [5, 5.41) is 11.8. The van der Waals surface area contributed by atoms with Gasteiger partial charge in [-0.15, -0.1) is 0 Å². The van der Waals surface area contributed by atoms with Crippen LogP contribution in [0.2, 0.25) is 0 Å². The molecule has 0 saturated heterocycles. The predicted molar refractivity (Wildman–Crippen MR) is 54.6 cm³/mol. The summed E-state index contributed by atoms with van der Waals surface area (Å²) < 4.78 is 0. The van der Waals surface area contributed by atoms with Crippen LogP contribution in [0.25, 0.3) is 0 Å². The van der Waals surface area contributed by atoms with E-state index >= 15 is 0 Å². The predicted octanol–water partition coefficient (Wildman–Crippen LogP) is 0.000900. The van der Waals surface area contributed by atoms with Crippen LogP contribution in [0.5, 0.6) is 0 Å². The van der Waals surface area contributed by atoms with Crippen LogP contribution in [0.1, 0.15) is 33.1 Å². The molecule has 0 heterocycles. The Morgan fingerprint density at radius 1 is 1.79 bits per heavy atom. The van der Waals surface area contributed by atoms with Gasteiger partial charge < -0.3 is 16.2 Å². The highest BCUT2D eigenvalue weighted by Crippen LogP contribution is 2.36. The Kier molecular flexibility index (Phi) is 3.50. The third kappa shape index (κ3) is 2.25. The van der Waals surface area contributed by atoms with Crippen LogP contribution >= 0.6 is 0 Å². The van der Waals surface area contributed by atoms with Gasteiger partial charge in [-0.1, -0.05) is 6.42 Å². The van der Waals surface area contributed by atoms with Crippen molar-refractivity contribution in [3.05, 3.63) is 0 Å². The van der Waals surface area contributed by atoms with Crippen molar-refractivity contribution in [1.29, 1.82) is 0 Å². The van der Waals surface area contributed by atoms with Crippen molar-refractivity contribution in [1.82, 2.24) is 5.32 Å². The molecular formula is C10H20N2O2. The molecule has 0 aromatic heterocycles. The van der Waals surface area contributed by atoms with Gasteiger partial charge in [-0.3, -0.25) is 4.79 Å². The molecule has 0 bridgehead atoms. The highest BCUT2D eigenvalue weighted by Gasteiger charge is 2.42. The van der Waals surface area contributed by atoms with Gasteiger partial charge in [-0.25, -0.2) is 0 Å². The molecule has 0 aliphatic heterocycles. The Morgan fingerprint density at radius 3 is 2.86 bits per heavy atom. The molecule has 3 atom stereocenters. The summed E-state index contributed by atoms with van der Waals surface area (Å²) in [6.07, 6.45) is 2.28. The average Bonchev–Trinajstić information content (AvgIpc) is 2.44. The molecule has 1 fully saturated rings. The third-order valence-corrected chi connectivity index (χ3v) is 3.11. The zero-order valence-electron chi connectivity index (χ0n) is 8.92. The monoisotopic (exact) mass is 200 g/mol. The number of aliphatic hydroxyl groups is 1. The molecule has 1 aliphatic carbocycles. The van der Waals surface area contributed by atoms with E-state index in [9.17, 15) is 4.79 Å². The molecule has 14 heavy (non-hydrogen) atoms. The van der Waals surface area contributed by atoms with Gasteiger partial charge in [0.25, 0.3) is 0 Å². The maximum absolute atomic E-state index is 11.8. The van der Waals surface area contributed by atoms with Crippen LogP contribution in [0.4, 0.5) is 0 Å². The van der Waals surface area contributed by atoms with Crippen LogP contribution in [0, 0.1) is 5.41 Å². The van der Waals surface area contributed by atoms with Gasteiger partial charge in [0.2, 0.25) is 5.91 Å². The fourth-order valence-corrected chi connectivity index (χ4v) is 1.92. The van der Waals surface area contributed by atoms with Gasteiger partial charge in [-0.05, 0) is 26.7 Å². The van der Waals surface area contributed by atoms with Crippen LogP contribution < -0.4 is 11.1 Å². The van der Waals surface area contributed by atoms with E-state index in [0.29, 0.717) is 6.54 Å². The lowest BCUT2D eigenvalue weighted by Crippen LogP contribution is -2.48. The molecule has 1 rings (SSSR count). The SMILES string of the molecule is CC(O)CNC(=O)C1(C)CCCC1N. The van der Waals surface area contributed by atoms with E-state index in [2.05, 4.69) is 5.32 Å². The summed E-state index contributed by atoms with van der Waals surface area (Å²) in [7, 11) is 0. The van der Waals surface area contributed by atoms with E-state index in [1.807, 2.05) is 6.92 Å². The molecule has 0 aromatic carbocycles. The molecule has 4 heteroatoms. The molecule has 4 N–H and O–H groups in total. The van der Waals surface area contributed by atoms with E-state index in [1.165, 1.54) is 0 Å². The summed E-state index contributed by atoms with van der Waals surface area (Å²) in [6.45, 7) is 3.86. The van der Waals surface area contributed by atoms with Gasteiger partial charge in [0.15, 0.2) is 0 Å². The van der Waals surface area contributed by atoms with Crippen molar-refractivity contribution in [2.75, 3.05) is 6.54 Å². The number of hydrogen-bond donors (Lipinski definition) is 3. The van der Waals surface area contributed by atoms with Gasteiger partial charge in [0, 0.05) is 12.6 Å². The molecule has 1 aliphatic rings. The second-order valence-electron chi connectivity index (χ2n) is 4.48. The molecule has 4 nitrogen and oxygen atoms in total. The Balaban J connectivity index is 2.50. The van der Waals surface area contributed by atoms with Crippen molar-refractivity contribution < 1.29 is 9.90 Å². The second kappa shape index (κ2) is 4.28. The molecule has 0 spiro atoms. The smallest absolute Gasteiger partial charge is 0.227 e. The summed E-state index contributed by atoms with van der Waals surface area (Å²) in [5.41, 5.74) is 5.46. The van der Waals surface area contributed by atoms with Crippen LogP contribution in [0.15, 0.2) is 0 Å². The van der Waals surface area contributed by atoms with Crippen molar-refractivity contribution in [3.63, 3.8) is 0 Å². The second-order valence-corrected chi connectivity index (χ2v) is 4.48. The highest BCUT2D eigenvalue weighted by atomic mass is 16.3. The van der Waals surface area contributed by atoms with Crippen molar-refractivity contribution in [2.24, 2.45) is 11.1 Å². The van der Waals surface area contributed by atoms with Crippen molar-refractivity contribution in [2.45, 2.75) is 45.3 Å². The minimum Gasteiger partial charge on any atom is -0.392 e. The molecule has 1 amide bonds. The number of amides is 1. The first kappa shape index (κ1) is 11.5. The van der Waals surface area contributed by atoms with Crippen molar-refractivity contribution in [3.8, 4) is 0 Å². The molecule has 3 unspecified atom stereocenters. The molecular weight excluding hydrogens is 180 g/mol. The molecule has 1 saturated carbocycles. The normalized spacial score (nSPS) is 34.1. The Morgan fingerprint density at radius 2 is 2.43 bits per heavy atom. The minimum atomic E-state index is -0.500. The fraction of sp³-hybridized carbons (Fsp3) is 0.900. The van der Waals surface area contributed by atoms with Crippen LogP contribution in [-0.4, -0.2) is 29.7 Å². The average molecular weight is 200 g/mol. The lowest BCUT2D eigenvalue weighted by molar-refractivity contribution is -0.130. The van der Waals surface area contributed by atoms with Gasteiger partial charge >= 0.3 is 0 Å². The first-order valence-corrected chi connectivity index (χ1v) is 5.19. The fourth-order valence-electron chi connectivity index (χ4n) is 1.92. The Bertz CT molecular complexity index is 218. The number of carbonyl (C=O) groups is 1. The summed E-state index contributed by atoms with van der Waals surface area (Å²) in [5.74, 6) is -0.0246. The highest BCUT2D eigenvalue weighted by molar-refractivity contribution is 5.83. The maximum Gasteiger partial charge on any atom is 0.227 e. The topological polar surface area (TPSA) is 75.3 Å². The lowest BCUT2D eigenvalue weighted by atomic mass is 9.84. The van der Waals surface area contributed by atoms with E-state index < -0.39 is 11.5 Å². The summed E-state index contributed by atoms with van der Waals surface area (Å²) >= 11 is 0. The molecule has 0 aromatic rings. The van der Waals surface area contributed by atoms with Gasteiger partial charge in [0.05, 0.1) is 11.5 Å². The zero-order valence-corrected chi connectivity index (χ0v) is 8.92. The summed E-state index contributed by atoms with van der Waals surface area (Å²) in [4.78, 5) is 11.8. The number of aliphatic hydroxyl groups excluding tert-OH is 1. The first-order valence-electron chi connectivity index (χ1n) is 5.19. The number of nitrogens with two attached hydrogens (primary N) is 1. The summed E-state index contributed by atoms with van der Waals surface area (Å²) in [6, 6.07) is -0.0449. The number of hydrogen-bond acceptors (Lipinski definition) is 3. The van der Waals surface area contributed by atoms with Gasteiger partial charge in [0.1, 0.15) is 0 Å². The third-order valence-electron chi connectivity index (χ3n) is 3.11. The van der Waals surface area contributed by atoms with Gasteiger partial charge in [-0.2, -0.15) is 0 Å². The minimum absolute atomic E-state index is 0.0246. The number of nitrogens with one attached hydrogen (secondary N) is 1. The lowest BCUT2D eigenvalue weighted by Gasteiger charge is -2.27. The zero-order chi connectivity index (χ0) is 10.8. The van der Waals surface area contributed by atoms with Crippen molar-refractivity contribution >= 4 is 5.91 Å². The Hall–Kier alpha value is -0.610. The first-order chi connectivity index (χ1) is 6.47. The largest absolute Gasteiger partial charge is 0.392 e. The van der Waals surface area contributed by atoms with E-state index in [4.69, 9.17) is 10.8 Å². The van der Waals surface area contributed by atoms with Crippen LogP contribution in [0.3, 0.4) is 0 Å². The quantitative estimate of drug-likeness (QED) is 0.600. The van der Waals surface area contributed by atoms with E-state index in [0.717, 1.165) is 19.3 Å². The maximum atomic E-state index is 11.8. The Labute approximate surface area is 84.9 Å². The van der Waals surface area contributed by atoms with E-state index in [-0.39, 0.29) is 11.9 Å². The number of carbonyl (C=O) groups excluding carboxylic acids is 1. The standard InChI is InChI=1S/C10H20N2O2/c1-7(13)6-12-9(14)10(2)5-3-4-8(10)11/h7-8,13H,3-6,11H2,1-2H3,(H,12,14). The van der Waals surface area contributed by atoms with E-state index in [1.54, 1.807) is 6.92 Å². The molecule has 82 valence electrons.